The van der Waals surface area contributed by atoms with E-state index in [2.05, 4.69) is 48.3 Å². The smallest absolute Gasteiger partial charge is 0.0270 e. The predicted molar refractivity (Wildman–Crippen MR) is 68.2 cm³/mol. The second kappa shape index (κ2) is 5.45. The van der Waals surface area contributed by atoms with Gasteiger partial charge in [-0.2, -0.15) is 0 Å². The molecule has 82 valence electrons. The molecule has 0 saturated carbocycles. The van der Waals surface area contributed by atoms with E-state index in [-0.39, 0.29) is 0 Å². The van der Waals surface area contributed by atoms with Gasteiger partial charge in [0, 0.05) is 12.4 Å². The lowest BCUT2D eigenvalue weighted by molar-refractivity contribution is 0.909. The summed E-state index contributed by atoms with van der Waals surface area (Å²) in [5.74, 6) is 0. The first-order valence-corrected chi connectivity index (χ1v) is 5.76. The van der Waals surface area contributed by atoms with E-state index in [0.717, 1.165) is 19.3 Å². The largest absolute Gasteiger partial charge is 0.265 e. The summed E-state index contributed by atoms with van der Waals surface area (Å²) < 4.78 is 0. The van der Waals surface area contributed by atoms with Gasteiger partial charge in [0.05, 0.1) is 0 Å². The van der Waals surface area contributed by atoms with Crippen molar-refractivity contribution < 1.29 is 0 Å². The van der Waals surface area contributed by atoms with Crippen molar-refractivity contribution in [3.05, 3.63) is 65.5 Å². The molecule has 0 N–H and O–H groups in total. The van der Waals surface area contributed by atoms with Gasteiger partial charge in [0.1, 0.15) is 0 Å². The van der Waals surface area contributed by atoms with Gasteiger partial charge in [-0.25, -0.2) is 0 Å². The van der Waals surface area contributed by atoms with Gasteiger partial charge in [0.2, 0.25) is 0 Å². The van der Waals surface area contributed by atoms with Crippen LogP contribution in [0.1, 0.15) is 25.3 Å². The van der Waals surface area contributed by atoms with Crippen molar-refractivity contribution in [3.8, 4) is 0 Å². The minimum Gasteiger partial charge on any atom is -0.265 e. The van der Waals surface area contributed by atoms with E-state index < -0.39 is 0 Å². The third kappa shape index (κ3) is 3.20. The van der Waals surface area contributed by atoms with E-state index in [1.165, 1.54) is 16.7 Å². The number of aromatic nitrogens is 1. The fourth-order valence-corrected chi connectivity index (χ4v) is 1.81. The second-order valence-electron chi connectivity index (χ2n) is 4.20. The quantitative estimate of drug-likeness (QED) is 0.740. The number of pyridine rings is 1. The molecule has 0 bridgehead atoms. The van der Waals surface area contributed by atoms with Crippen molar-refractivity contribution in [2.45, 2.75) is 26.2 Å². The van der Waals surface area contributed by atoms with Gasteiger partial charge in [-0.3, -0.25) is 4.98 Å². The van der Waals surface area contributed by atoms with Gasteiger partial charge in [-0.15, -0.1) is 0 Å². The summed E-state index contributed by atoms with van der Waals surface area (Å²) in [5.41, 5.74) is 4.20. The maximum atomic E-state index is 4.03. The maximum Gasteiger partial charge on any atom is 0.0270 e. The van der Waals surface area contributed by atoms with E-state index in [0.29, 0.717) is 0 Å². The van der Waals surface area contributed by atoms with Crippen LogP contribution < -0.4 is 0 Å². The van der Waals surface area contributed by atoms with Crippen LogP contribution in [0.15, 0.2) is 60.0 Å². The molecular weight excluding hydrogens is 194 g/mol. The Kier molecular flexibility index (Phi) is 3.71. The fraction of sp³-hybridized carbons (Fsp3) is 0.267. The average molecular weight is 211 g/mol. The molecule has 1 aromatic heterocycles. The Hall–Kier alpha value is -1.63. The summed E-state index contributed by atoms with van der Waals surface area (Å²) in [6.07, 6.45) is 15.9. The van der Waals surface area contributed by atoms with Crippen LogP contribution in [0.3, 0.4) is 0 Å². The maximum absolute atomic E-state index is 4.03. The number of allylic oxidation sites excluding steroid dienone is 6. The fourth-order valence-electron chi connectivity index (χ4n) is 1.81. The number of aryl methyl sites for hydroxylation is 1. The molecule has 0 fully saturated rings. The van der Waals surface area contributed by atoms with Crippen molar-refractivity contribution in [2.75, 3.05) is 0 Å². The molecule has 1 heterocycles. The Morgan fingerprint density at radius 3 is 2.75 bits per heavy atom. The highest BCUT2D eigenvalue weighted by molar-refractivity contribution is 5.30. The summed E-state index contributed by atoms with van der Waals surface area (Å²) in [4.78, 5) is 4.03. The highest BCUT2D eigenvalue weighted by Crippen LogP contribution is 2.16. The lowest BCUT2D eigenvalue weighted by atomic mass is 10.0. The lowest BCUT2D eigenvalue weighted by Gasteiger charge is -2.03. The zero-order valence-corrected chi connectivity index (χ0v) is 9.69. The predicted octanol–water partition coefficient (Wildman–Crippen LogP) is 3.85. The molecule has 0 aliphatic heterocycles. The molecule has 0 aromatic carbocycles. The SMILES string of the molecule is CC1=CC=C(CCc2ccncc2)CC=C1. The lowest BCUT2D eigenvalue weighted by Crippen LogP contribution is -1.88. The van der Waals surface area contributed by atoms with Crippen molar-refractivity contribution in [1.29, 1.82) is 0 Å². The Bertz CT molecular complexity index is 424. The Morgan fingerprint density at radius 1 is 1.12 bits per heavy atom. The number of hydrogen-bond donors (Lipinski definition) is 0. The Balaban J connectivity index is 1.94. The zero-order valence-electron chi connectivity index (χ0n) is 9.69. The third-order valence-corrected chi connectivity index (χ3v) is 2.83. The molecule has 1 aliphatic carbocycles. The van der Waals surface area contributed by atoms with Gasteiger partial charge in [0.15, 0.2) is 0 Å². The highest BCUT2D eigenvalue weighted by atomic mass is 14.6. The zero-order chi connectivity index (χ0) is 11.2. The number of rotatable bonds is 3. The topological polar surface area (TPSA) is 12.9 Å². The van der Waals surface area contributed by atoms with E-state index in [4.69, 9.17) is 0 Å². The number of nitrogens with zero attached hydrogens (tertiary/aromatic N) is 1. The first kappa shape index (κ1) is 10.9. The molecule has 0 spiro atoms. The molecule has 0 radical (unpaired) electrons. The minimum atomic E-state index is 1.08. The molecule has 1 heteroatoms. The van der Waals surface area contributed by atoms with Crippen LogP contribution in [0.5, 0.6) is 0 Å². The molecule has 0 saturated heterocycles. The van der Waals surface area contributed by atoms with Crippen LogP contribution in [0.4, 0.5) is 0 Å². The van der Waals surface area contributed by atoms with Crippen molar-refractivity contribution in [1.82, 2.24) is 4.98 Å². The van der Waals surface area contributed by atoms with Crippen LogP contribution in [-0.4, -0.2) is 4.98 Å². The molecule has 1 nitrogen and oxygen atoms in total. The molecule has 16 heavy (non-hydrogen) atoms. The van der Waals surface area contributed by atoms with Crippen molar-refractivity contribution in [3.63, 3.8) is 0 Å². The Morgan fingerprint density at radius 2 is 1.94 bits per heavy atom. The first-order valence-electron chi connectivity index (χ1n) is 5.76. The van der Waals surface area contributed by atoms with Gasteiger partial charge in [-0.1, -0.05) is 35.5 Å². The van der Waals surface area contributed by atoms with Crippen LogP contribution in [-0.2, 0) is 6.42 Å². The molecule has 0 amide bonds. The van der Waals surface area contributed by atoms with Gasteiger partial charge in [-0.05, 0) is 43.9 Å². The van der Waals surface area contributed by atoms with E-state index in [1.54, 1.807) is 0 Å². The standard InChI is InChI=1S/C15H17N/c1-13-3-2-4-14(6-5-13)7-8-15-9-11-16-12-10-15/h2-3,5-6,9-12H,4,7-8H2,1H3. The van der Waals surface area contributed by atoms with Crippen LogP contribution in [0.2, 0.25) is 0 Å². The van der Waals surface area contributed by atoms with Crippen LogP contribution >= 0.6 is 0 Å². The van der Waals surface area contributed by atoms with E-state index in [1.807, 2.05) is 12.4 Å². The van der Waals surface area contributed by atoms with Gasteiger partial charge < -0.3 is 0 Å². The summed E-state index contributed by atoms with van der Waals surface area (Å²) in [7, 11) is 0. The molecular formula is C15H17N. The van der Waals surface area contributed by atoms with Crippen LogP contribution in [0.25, 0.3) is 0 Å². The normalized spacial score (nSPS) is 15.3. The first-order chi connectivity index (χ1) is 7.84. The van der Waals surface area contributed by atoms with Gasteiger partial charge in [0.25, 0.3) is 0 Å². The number of hydrogen-bond acceptors (Lipinski definition) is 1. The molecule has 1 aromatic rings. The summed E-state index contributed by atoms with van der Waals surface area (Å²) in [6.45, 7) is 2.14. The average Bonchev–Trinajstić information content (AvgIpc) is 2.53. The molecule has 1 aliphatic rings. The Labute approximate surface area is 97.2 Å². The molecule has 0 unspecified atom stereocenters. The van der Waals surface area contributed by atoms with Crippen LogP contribution in [0, 0.1) is 0 Å². The monoisotopic (exact) mass is 211 g/mol. The molecule has 2 rings (SSSR count). The van der Waals surface area contributed by atoms with E-state index in [9.17, 15) is 0 Å². The molecule has 0 atom stereocenters. The summed E-state index contributed by atoms with van der Waals surface area (Å²) in [6, 6.07) is 4.18. The van der Waals surface area contributed by atoms with Crippen molar-refractivity contribution in [2.24, 2.45) is 0 Å². The second-order valence-corrected chi connectivity index (χ2v) is 4.20. The van der Waals surface area contributed by atoms with E-state index >= 15 is 0 Å². The third-order valence-electron chi connectivity index (χ3n) is 2.83. The minimum absolute atomic E-state index is 1.08. The summed E-state index contributed by atoms with van der Waals surface area (Å²) >= 11 is 0. The van der Waals surface area contributed by atoms with Gasteiger partial charge >= 0.3 is 0 Å². The van der Waals surface area contributed by atoms with Crippen molar-refractivity contribution >= 4 is 0 Å². The summed E-state index contributed by atoms with van der Waals surface area (Å²) in [5, 5.41) is 0. The highest BCUT2D eigenvalue weighted by Gasteiger charge is 1.99.